The van der Waals surface area contributed by atoms with Crippen LogP contribution >= 0.6 is 0 Å². The molecular weight excluding hydrogens is 126 g/mol. The summed E-state index contributed by atoms with van der Waals surface area (Å²) in [5.74, 6) is 1.17. The Bertz CT molecular complexity index is 219. The number of aromatic amines is 1. The van der Waals surface area contributed by atoms with Crippen molar-refractivity contribution in [2.45, 2.75) is 6.92 Å². The second-order valence-electron chi connectivity index (χ2n) is 3.41. The molecule has 0 aliphatic heterocycles. The normalized spacial score (nSPS) is 12.0. The van der Waals surface area contributed by atoms with Gasteiger partial charge in [0.05, 0.1) is 32.9 Å². The van der Waals surface area contributed by atoms with E-state index in [0.717, 1.165) is 4.48 Å². The van der Waals surface area contributed by atoms with Crippen LogP contribution in [0.1, 0.15) is 5.56 Å². The minimum Gasteiger partial charge on any atom is -0.282 e. The van der Waals surface area contributed by atoms with Gasteiger partial charge < -0.3 is 0 Å². The van der Waals surface area contributed by atoms with E-state index >= 15 is 0 Å². The lowest BCUT2D eigenvalue weighted by atomic mass is 10.3. The molecule has 0 saturated heterocycles. The van der Waals surface area contributed by atoms with E-state index in [1.807, 2.05) is 6.20 Å². The van der Waals surface area contributed by atoms with Gasteiger partial charge in [0.2, 0.25) is 5.82 Å². The molecule has 0 amide bonds. The Morgan fingerprint density at radius 3 is 2.20 bits per heavy atom. The zero-order valence-electron chi connectivity index (χ0n) is 6.97. The van der Waals surface area contributed by atoms with Gasteiger partial charge in [0.25, 0.3) is 0 Å². The van der Waals surface area contributed by atoms with Crippen molar-refractivity contribution >= 4 is 5.82 Å². The zero-order valence-corrected chi connectivity index (χ0v) is 6.97. The highest BCUT2D eigenvalue weighted by molar-refractivity contribution is 5.38. The van der Waals surface area contributed by atoms with Gasteiger partial charge in [-0.25, -0.2) is 5.10 Å². The molecule has 0 spiro atoms. The molecule has 1 N–H and O–H groups in total. The summed E-state index contributed by atoms with van der Waals surface area (Å²) in [5.41, 5.74) is 1.22. The van der Waals surface area contributed by atoms with E-state index < -0.39 is 0 Å². The van der Waals surface area contributed by atoms with Crippen LogP contribution in [-0.2, 0) is 0 Å². The summed E-state index contributed by atoms with van der Waals surface area (Å²) in [7, 11) is 6.33. The Hall–Kier alpha value is -0.830. The fourth-order valence-corrected chi connectivity index (χ4v) is 1.02. The number of rotatable bonds is 1. The number of hydrogen-bond acceptors (Lipinski definition) is 1. The maximum Gasteiger partial charge on any atom is 0.225 e. The highest BCUT2D eigenvalue weighted by Crippen LogP contribution is 2.16. The Morgan fingerprint density at radius 2 is 2.00 bits per heavy atom. The zero-order chi connectivity index (χ0) is 7.78. The number of H-pyrrole nitrogens is 1. The van der Waals surface area contributed by atoms with Gasteiger partial charge in [-0.1, -0.05) is 0 Å². The molecule has 1 heterocycles. The summed E-state index contributed by atoms with van der Waals surface area (Å²) in [6, 6.07) is 0. The van der Waals surface area contributed by atoms with Gasteiger partial charge in [-0.15, -0.1) is 0 Å². The molecule has 0 bridgehead atoms. The molecule has 1 aromatic rings. The molecule has 0 radical (unpaired) electrons. The Labute approximate surface area is 61.3 Å². The number of aromatic nitrogens is 2. The van der Waals surface area contributed by atoms with Crippen molar-refractivity contribution in [2.24, 2.45) is 0 Å². The van der Waals surface area contributed by atoms with Crippen molar-refractivity contribution in [3.63, 3.8) is 0 Å². The first kappa shape index (κ1) is 7.28. The van der Waals surface area contributed by atoms with Crippen molar-refractivity contribution in [3.8, 4) is 0 Å². The van der Waals surface area contributed by atoms with Crippen LogP contribution in [0.4, 0.5) is 5.82 Å². The van der Waals surface area contributed by atoms with Crippen LogP contribution in [0.25, 0.3) is 0 Å². The first-order chi connectivity index (χ1) is 4.52. The van der Waals surface area contributed by atoms with E-state index in [0.29, 0.717) is 0 Å². The van der Waals surface area contributed by atoms with Crippen molar-refractivity contribution in [2.75, 3.05) is 21.1 Å². The van der Waals surface area contributed by atoms with Gasteiger partial charge in [0.1, 0.15) is 0 Å². The predicted octanol–water partition coefficient (Wildman–Crippen LogP) is 0.915. The Morgan fingerprint density at radius 1 is 1.40 bits per heavy atom. The molecule has 0 aliphatic carbocycles. The molecule has 0 saturated carbocycles. The quantitative estimate of drug-likeness (QED) is 0.577. The predicted molar refractivity (Wildman–Crippen MR) is 42.9 cm³/mol. The number of aryl methyl sites for hydroxylation is 1. The van der Waals surface area contributed by atoms with E-state index in [-0.39, 0.29) is 0 Å². The van der Waals surface area contributed by atoms with Crippen molar-refractivity contribution in [1.82, 2.24) is 14.7 Å². The highest BCUT2D eigenvalue weighted by atomic mass is 15.4. The van der Waals surface area contributed by atoms with Crippen LogP contribution < -0.4 is 4.48 Å². The maximum absolute atomic E-state index is 3.95. The number of nitrogens with zero attached hydrogens (tertiary/aromatic N) is 2. The minimum atomic E-state index is 0.797. The van der Waals surface area contributed by atoms with E-state index in [4.69, 9.17) is 0 Å². The molecule has 0 atom stereocenters. The highest BCUT2D eigenvalue weighted by Gasteiger charge is 2.16. The minimum absolute atomic E-state index is 0.797. The molecular formula is C7H14N3+. The van der Waals surface area contributed by atoms with E-state index in [1.54, 1.807) is 0 Å². The Balaban J connectivity index is 3.05. The number of hydrogen-bond donors (Lipinski definition) is 1. The summed E-state index contributed by atoms with van der Waals surface area (Å²) in [6.45, 7) is 2.06. The van der Waals surface area contributed by atoms with E-state index in [1.165, 1.54) is 11.4 Å². The molecule has 3 nitrogen and oxygen atoms in total. The number of quaternary nitrogens is 1. The molecule has 0 aromatic carbocycles. The second-order valence-corrected chi connectivity index (χ2v) is 3.41. The molecule has 0 fully saturated rings. The van der Waals surface area contributed by atoms with Crippen LogP contribution in [0.2, 0.25) is 0 Å². The third kappa shape index (κ3) is 1.19. The molecule has 56 valence electrons. The summed E-state index contributed by atoms with van der Waals surface area (Å²) >= 11 is 0. The van der Waals surface area contributed by atoms with Crippen molar-refractivity contribution < 1.29 is 0 Å². The second kappa shape index (κ2) is 2.09. The SMILES string of the molecule is Cc1cn[nH]c1[N+](C)(C)C. The standard InChI is InChI=1S/C7H14N3/c1-6-5-8-9-7(6)10(2,3)4/h5H,1-4H3,(H,8,9)/q+1. The van der Waals surface area contributed by atoms with Gasteiger partial charge in [0, 0.05) is 0 Å². The van der Waals surface area contributed by atoms with Crippen LogP contribution in [0, 0.1) is 6.92 Å². The smallest absolute Gasteiger partial charge is 0.225 e. The first-order valence-corrected chi connectivity index (χ1v) is 3.34. The van der Waals surface area contributed by atoms with Crippen molar-refractivity contribution in [3.05, 3.63) is 11.8 Å². The van der Waals surface area contributed by atoms with Crippen LogP contribution in [0.15, 0.2) is 6.20 Å². The summed E-state index contributed by atoms with van der Waals surface area (Å²) in [5, 5.41) is 6.92. The monoisotopic (exact) mass is 140 g/mol. The molecule has 10 heavy (non-hydrogen) atoms. The third-order valence-electron chi connectivity index (χ3n) is 1.47. The molecule has 0 aliphatic rings. The molecule has 3 heteroatoms. The van der Waals surface area contributed by atoms with Crippen LogP contribution in [-0.4, -0.2) is 31.3 Å². The van der Waals surface area contributed by atoms with E-state index in [2.05, 4.69) is 38.3 Å². The first-order valence-electron chi connectivity index (χ1n) is 3.34. The fraction of sp³-hybridized carbons (Fsp3) is 0.571. The average Bonchev–Trinajstić information content (AvgIpc) is 2.11. The lowest BCUT2D eigenvalue weighted by Crippen LogP contribution is -2.35. The molecule has 0 unspecified atom stereocenters. The van der Waals surface area contributed by atoms with Crippen molar-refractivity contribution in [1.29, 1.82) is 0 Å². The fourth-order valence-electron chi connectivity index (χ4n) is 1.02. The van der Waals surface area contributed by atoms with Gasteiger partial charge in [-0.2, -0.15) is 5.10 Å². The molecule has 1 rings (SSSR count). The Kier molecular flexibility index (Phi) is 1.52. The summed E-state index contributed by atoms with van der Waals surface area (Å²) in [4.78, 5) is 0. The number of nitrogens with one attached hydrogen (secondary N) is 1. The lowest BCUT2D eigenvalue weighted by molar-refractivity contribution is 0.470. The average molecular weight is 140 g/mol. The van der Waals surface area contributed by atoms with Gasteiger partial charge >= 0.3 is 0 Å². The van der Waals surface area contributed by atoms with Gasteiger partial charge in [0.15, 0.2) is 0 Å². The van der Waals surface area contributed by atoms with Crippen LogP contribution in [0.3, 0.4) is 0 Å². The maximum atomic E-state index is 3.95. The van der Waals surface area contributed by atoms with E-state index in [9.17, 15) is 0 Å². The molecule has 1 aromatic heterocycles. The van der Waals surface area contributed by atoms with Crippen LogP contribution in [0.5, 0.6) is 0 Å². The summed E-state index contributed by atoms with van der Waals surface area (Å²) < 4.78 is 0.797. The topological polar surface area (TPSA) is 28.7 Å². The van der Waals surface area contributed by atoms with Gasteiger partial charge in [-0.05, 0) is 6.92 Å². The lowest BCUT2D eigenvalue weighted by Gasteiger charge is -2.21. The third-order valence-corrected chi connectivity index (χ3v) is 1.47. The summed E-state index contributed by atoms with van der Waals surface area (Å²) in [6.07, 6.45) is 1.85. The largest absolute Gasteiger partial charge is 0.282 e. The van der Waals surface area contributed by atoms with Gasteiger partial charge in [-0.3, -0.25) is 4.48 Å².